The molecule has 2 aliphatic heterocycles. The van der Waals surface area contributed by atoms with Crippen LogP contribution in [0.3, 0.4) is 0 Å². The number of carboxylic acid groups (broad SMARTS) is 2. The molecular formula is C30H36N8O8. The summed E-state index contributed by atoms with van der Waals surface area (Å²) in [5.41, 5.74) is 1.28. The number of nitrogens with one attached hydrogen (secondary N) is 2. The van der Waals surface area contributed by atoms with Crippen molar-refractivity contribution in [1.82, 2.24) is 39.8 Å². The third-order valence-corrected chi connectivity index (χ3v) is 7.98. The first-order valence-corrected chi connectivity index (χ1v) is 15.0. The maximum atomic E-state index is 13.4. The van der Waals surface area contributed by atoms with Gasteiger partial charge in [-0.25, -0.2) is 14.5 Å². The van der Waals surface area contributed by atoms with E-state index in [1.54, 1.807) is 35.4 Å². The van der Waals surface area contributed by atoms with Gasteiger partial charge in [0.25, 0.3) is 11.8 Å². The Morgan fingerprint density at radius 1 is 1.04 bits per heavy atom. The molecule has 0 aliphatic carbocycles. The van der Waals surface area contributed by atoms with Crippen LogP contribution >= 0.6 is 0 Å². The molecule has 244 valence electrons. The number of carbonyl (C=O) groups is 5. The highest BCUT2D eigenvalue weighted by Gasteiger charge is 2.33. The number of aromatic amines is 1. The smallest absolute Gasteiger partial charge is 0.407 e. The predicted octanol–water partition coefficient (Wildman–Crippen LogP) is 1.43. The van der Waals surface area contributed by atoms with Crippen LogP contribution in [0.15, 0.2) is 42.6 Å². The molecule has 4 amide bonds. The number of aliphatic carboxylic acids is 1. The number of hydrogen-bond acceptors (Lipinski definition) is 8. The number of likely N-dealkylation sites (tertiary alicyclic amines) is 1. The summed E-state index contributed by atoms with van der Waals surface area (Å²) in [6.45, 7) is 2.51. The summed E-state index contributed by atoms with van der Waals surface area (Å²) in [5.74, 6) is -1.83. The second-order valence-corrected chi connectivity index (χ2v) is 11.1. The Balaban J connectivity index is 1.31. The maximum Gasteiger partial charge on any atom is 0.407 e. The lowest BCUT2D eigenvalue weighted by atomic mass is 10.1. The van der Waals surface area contributed by atoms with E-state index in [4.69, 9.17) is 4.74 Å². The van der Waals surface area contributed by atoms with Crippen LogP contribution in [0.4, 0.5) is 4.79 Å². The number of rotatable bonds is 11. The van der Waals surface area contributed by atoms with E-state index in [0.29, 0.717) is 18.1 Å². The summed E-state index contributed by atoms with van der Waals surface area (Å²) in [5, 5.41) is 25.5. The third-order valence-electron chi connectivity index (χ3n) is 7.98. The van der Waals surface area contributed by atoms with Crippen LogP contribution in [0.5, 0.6) is 5.88 Å². The molecule has 16 nitrogen and oxygen atoms in total. The zero-order chi connectivity index (χ0) is 32.8. The number of para-hydroxylation sites is 1. The van der Waals surface area contributed by atoms with Crippen molar-refractivity contribution in [2.75, 3.05) is 39.3 Å². The minimum atomic E-state index is -1.19. The predicted molar refractivity (Wildman–Crippen MR) is 160 cm³/mol. The first kappa shape index (κ1) is 32.0. The summed E-state index contributed by atoms with van der Waals surface area (Å²) in [6.07, 6.45) is 1.72. The molecule has 5 rings (SSSR count). The van der Waals surface area contributed by atoms with Crippen LogP contribution in [0.25, 0.3) is 5.69 Å². The second kappa shape index (κ2) is 14.1. The largest absolute Gasteiger partial charge is 0.481 e. The lowest BCUT2D eigenvalue weighted by molar-refractivity contribution is -0.138. The van der Waals surface area contributed by atoms with Crippen molar-refractivity contribution < 1.29 is 38.9 Å². The van der Waals surface area contributed by atoms with Gasteiger partial charge in [-0.2, -0.15) is 5.10 Å². The van der Waals surface area contributed by atoms with Gasteiger partial charge in [-0.05, 0) is 38.3 Å². The number of amides is 4. The Bertz CT molecular complexity index is 1580. The lowest BCUT2D eigenvalue weighted by Gasteiger charge is -2.35. The molecule has 0 saturated carbocycles. The first-order chi connectivity index (χ1) is 22.1. The van der Waals surface area contributed by atoms with Gasteiger partial charge in [0.15, 0.2) is 12.3 Å². The normalized spacial score (nSPS) is 17.1. The quantitative estimate of drug-likeness (QED) is 0.238. The Kier molecular flexibility index (Phi) is 9.83. The molecule has 2 atom stereocenters. The van der Waals surface area contributed by atoms with Crippen LogP contribution in [-0.4, -0.2) is 120 Å². The fourth-order valence-corrected chi connectivity index (χ4v) is 5.60. The molecule has 2 aliphatic rings. The van der Waals surface area contributed by atoms with Crippen LogP contribution in [-0.2, 0) is 14.4 Å². The highest BCUT2D eigenvalue weighted by molar-refractivity contribution is 5.96. The van der Waals surface area contributed by atoms with Gasteiger partial charge in [-0.15, -0.1) is 0 Å². The number of carboxylic acids is 1. The number of aryl methyl sites for hydroxylation is 1. The van der Waals surface area contributed by atoms with E-state index >= 15 is 0 Å². The van der Waals surface area contributed by atoms with Gasteiger partial charge in [0.2, 0.25) is 11.8 Å². The molecule has 3 aromatic rings. The van der Waals surface area contributed by atoms with Gasteiger partial charge in [0.1, 0.15) is 11.9 Å². The molecule has 1 aromatic carbocycles. The number of carbonyl (C=O) groups excluding carboxylic acids is 3. The molecule has 46 heavy (non-hydrogen) atoms. The Morgan fingerprint density at radius 3 is 2.41 bits per heavy atom. The van der Waals surface area contributed by atoms with Crippen LogP contribution in [0, 0.1) is 6.92 Å². The molecule has 0 spiro atoms. The lowest BCUT2D eigenvalue weighted by Crippen LogP contribution is -2.55. The van der Waals surface area contributed by atoms with E-state index < -0.39 is 29.9 Å². The number of H-pyrrole nitrogens is 1. The SMILES string of the molecule is Cc1c[nH]c([C@@H]2CCCN2C(=O)COc2cc(C(=O)N[C@@H](CCC(=O)O)C(=O)N3CCN(C(=O)O)CC3)nn2-c2ccccc2)n1. The second-order valence-electron chi connectivity index (χ2n) is 11.1. The Hall–Kier alpha value is -5.41. The zero-order valence-electron chi connectivity index (χ0n) is 25.3. The molecule has 2 saturated heterocycles. The number of aromatic nitrogens is 4. The van der Waals surface area contributed by atoms with Crippen molar-refractivity contribution in [3.63, 3.8) is 0 Å². The van der Waals surface area contributed by atoms with E-state index in [2.05, 4.69) is 20.4 Å². The summed E-state index contributed by atoms with van der Waals surface area (Å²) in [4.78, 5) is 74.6. The molecule has 4 heterocycles. The minimum Gasteiger partial charge on any atom is -0.481 e. The Labute approximate surface area is 263 Å². The summed E-state index contributed by atoms with van der Waals surface area (Å²) in [7, 11) is 0. The number of benzene rings is 1. The molecule has 0 radical (unpaired) electrons. The van der Waals surface area contributed by atoms with Crippen molar-refractivity contribution in [2.45, 2.75) is 44.7 Å². The average molecular weight is 637 g/mol. The number of ether oxygens (including phenoxy) is 1. The molecular weight excluding hydrogens is 600 g/mol. The zero-order valence-corrected chi connectivity index (χ0v) is 25.3. The van der Waals surface area contributed by atoms with Crippen LogP contribution in [0.1, 0.15) is 53.7 Å². The highest BCUT2D eigenvalue weighted by atomic mass is 16.5. The van der Waals surface area contributed by atoms with Gasteiger partial charge in [-0.1, -0.05) is 18.2 Å². The summed E-state index contributed by atoms with van der Waals surface area (Å²) < 4.78 is 7.31. The number of piperazine rings is 1. The van der Waals surface area contributed by atoms with Crippen LogP contribution < -0.4 is 10.1 Å². The Morgan fingerprint density at radius 2 is 1.76 bits per heavy atom. The third kappa shape index (κ3) is 7.44. The van der Waals surface area contributed by atoms with Gasteiger partial charge in [0, 0.05) is 51.4 Å². The average Bonchev–Trinajstić information content (AvgIpc) is 3.82. The van der Waals surface area contributed by atoms with Crippen molar-refractivity contribution in [2.24, 2.45) is 0 Å². The van der Waals surface area contributed by atoms with Gasteiger partial charge < -0.3 is 40.0 Å². The monoisotopic (exact) mass is 636 g/mol. The fraction of sp³-hybridized carbons (Fsp3) is 0.433. The van der Waals surface area contributed by atoms with Crippen LogP contribution in [0.2, 0.25) is 0 Å². The van der Waals surface area contributed by atoms with E-state index in [9.17, 15) is 34.2 Å². The number of imidazole rings is 1. The first-order valence-electron chi connectivity index (χ1n) is 15.0. The van der Waals surface area contributed by atoms with Crippen molar-refractivity contribution >= 4 is 29.8 Å². The molecule has 0 unspecified atom stereocenters. The topological polar surface area (TPSA) is 203 Å². The van der Waals surface area contributed by atoms with E-state index in [0.717, 1.165) is 18.5 Å². The summed E-state index contributed by atoms with van der Waals surface area (Å²) >= 11 is 0. The van der Waals surface area contributed by atoms with Gasteiger partial charge in [-0.3, -0.25) is 19.2 Å². The van der Waals surface area contributed by atoms with E-state index in [1.807, 2.05) is 13.0 Å². The van der Waals surface area contributed by atoms with Crippen molar-refractivity contribution in [1.29, 1.82) is 0 Å². The molecule has 16 heteroatoms. The maximum absolute atomic E-state index is 13.4. The van der Waals surface area contributed by atoms with Crippen molar-refractivity contribution in [3.05, 3.63) is 59.8 Å². The fourth-order valence-electron chi connectivity index (χ4n) is 5.60. The molecule has 0 bridgehead atoms. The molecule has 2 aromatic heterocycles. The highest BCUT2D eigenvalue weighted by Crippen LogP contribution is 2.30. The van der Waals surface area contributed by atoms with E-state index in [-0.39, 0.29) is 69.2 Å². The van der Waals surface area contributed by atoms with Gasteiger partial charge >= 0.3 is 12.1 Å². The molecule has 4 N–H and O–H groups in total. The number of hydrogen-bond donors (Lipinski definition) is 4. The summed E-state index contributed by atoms with van der Waals surface area (Å²) in [6, 6.07) is 8.82. The molecule has 2 fully saturated rings. The minimum absolute atomic E-state index is 0.0981. The van der Waals surface area contributed by atoms with Gasteiger partial charge in [0.05, 0.1) is 17.4 Å². The standard InChI is InChI=1S/C30H36N8O8/c1-19-17-31-27(32-19)23-8-5-11-37(23)24(39)18-46-25-16-22(34-38(25)20-6-3-2-4-7-20)28(42)33-21(9-10-26(40)41)29(43)35-12-14-36(15-13-35)30(44)45/h2-4,6-7,16-17,21,23H,5,8-15,18H2,1H3,(H,31,32)(H,33,42)(H,40,41)(H,44,45)/t21-,23-/m0/s1. The number of nitrogens with zero attached hydrogens (tertiary/aromatic N) is 6. The van der Waals surface area contributed by atoms with Crippen molar-refractivity contribution in [3.8, 4) is 11.6 Å². The van der Waals surface area contributed by atoms with E-state index in [1.165, 1.54) is 20.5 Å².